The number of nitriles is 1. The second-order valence-electron chi connectivity index (χ2n) is 7.62. The molecule has 0 aliphatic carbocycles. The van der Waals surface area contributed by atoms with Crippen LogP contribution in [0.3, 0.4) is 0 Å². The molecule has 0 saturated heterocycles. The zero-order chi connectivity index (χ0) is 22.3. The molecule has 0 bridgehead atoms. The number of hydrogen-bond donors (Lipinski definition) is 1. The van der Waals surface area contributed by atoms with Gasteiger partial charge in [0.05, 0.1) is 11.6 Å². The van der Waals surface area contributed by atoms with Crippen LogP contribution >= 0.6 is 0 Å². The summed E-state index contributed by atoms with van der Waals surface area (Å²) in [6, 6.07) is 19.8. The molecule has 5 nitrogen and oxygen atoms in total. The number of rotatable bonds is 6. The van der Waals surface area contributed by atoms with E-state index in [0.717, 1.165) is 45.1 Å². The number of nitrogens with zero attached hydrogens (tertiary/aromatic N) is 4. The third-order valence-electron chi connectivity index (χ3n) is 5.11. The highest BCUT2D eigenvalue weighted by molar-refractivity contribution is 5.74. The lowest BCUT2D eigenvalue weighted by Gasteiger charge is -2.14. The van der Waals surface area contributed by atoms with E-state index < -0.39 is 0 Å². The maximum atomic E-state index is 8.95. The maximum Gasteiger partial charge on any atom is 0.135 e. The van der Waals surface area contributed by atoms with Crippen molar-refractivity contribution in [3.63, 3.8) is 0 Å². The largest absolute Gasteiger partial charge is 0.340 e. The molecule has 156 valence electrons. The van der Waals surface area contributed by atoms with E-state index in [1.54, 1.807) is 12.4 Å². The first-order chi connectivity index (χ1) is 15.6. The molecule has 0 atom stereocenters. The Morgan fingerprint density at radius 3 is 2.38 bits per heavy atom. The van der Waals surface area contributed by atoms with Gasteiger partial charge >= 0.3 is 0 Å². The van der Waals surface area contributed by atoms with Crippen molar-refractivity contribution < 1.29 is 0 Å². The van der Waals surface area contributed by atoms with Crippen LogP contribution in [0.5, 0.6) is 0 Å². The van der Waals surface area contributed by atoms with E-state index in [1.807, 2.05) is 48.7 Å². The van der Waals surface area contributed by atoms with Gasteiger partial charge in [0.15, 0.2) is 0 Å². The van der Waals surface area contributed by atoms with E-state index in [9.17, 15) is 0 Å². The van der Waals surface area contributed by atoms with Crippen molar-refractivity contribution >= 4 is 23.7 Å². The second-order valence-corrected chi connectivity index (χ2v) is 7.62. The number of aromatic nitrogens is 3. The van der Waals surface area contributed by atoms with Crippen LogP contribution in [0.2, 0.25) is 0 Å². The van der Waals surface area contributed by atoms with Crippen molar-refractivity contribution in [2.24, 2.45) is 0 Å². The first-order valence-corrected chi connectivity index (χ1v) is 10.4. The van der Waals surface area contributed by atoms with Gasteiger partial charge in [-0.1, -0.05) is 30.4 Å². The van der Waals surface area contributed by atoms with Gasteiger partial charge < -0.3 is 5.32 Å². The monoisotopic (exact) mass is 417 g/mol. The summed E-state index contributed by atoms with van der Waals surface area (Å²) in [5.74, 6) is 1.49. The van der Waals surface area contributed by atoms with Gasteiger partial charge in [-0.05, 0) is 78.1 Å². The second kappa shape index (κ2) is 9.67. The molecule has 1 N–H and O–H groups in total. The summed E-state index contributed by atoms with van der Waals surface area (Å²) in [7, 11) is 0. The molecular formula is C27H23N5. The van der Waals surface area contributed by atoms with Crippen LogP contribution in [-0.2, 0) is 6.42 Å². The van der Waals surface area contributed by atoms with Gasteiger partial charge in [-0.2, -0.15) is 5.26 Å². The molecule has 0 unspecified atom stereocenters. The SMILES string of the molecule is Cc1cc(/C=C/c2cccnc2)cc(C)c1Nc1ccnc(Cc2ccc(C#N)cc2)n1. The van der Waals surface area contributed by atoms with Gasteiger partial charge in [-0.15, -0.1) is 0 Å². The van der Waals surface area contributed by atoms with E-state index in [1.165, 1.54) is 0 Å². The summed E-state index contributed by atoms with van der Waals surface area (Å²) in [6.45, 7) is 4.19. The van der Waals surface area contributed by atoms with Crippen LogP contribution in [0.1, 0.15) is 39.2 Å². The normalized spacial score (nSPS) is 10.8. The van der Waals surface area contributed by atoms with Gasteiger partial charge in [0.2, 0.25) is 0 Å². The number of pyridine rings is 1. The number of aryl methyl sites for hydroxylation is 2. The minimum Gasteiger partial charge on any atom is -0.340 e. The zero-order valence-corrected chi connectivity index (χ0v) is 18.1. The summed E-state index contributed by atoms with van der Waals surface area (Å²) in [4.78, 5) is 13.2. The Kier molecular flexibility index (Phi) is 6.33. The van der Waals surface area contributed by atoms with Crippen LogP contribution < -0.4 is 5.32 Å². The van der Waals surface area contributed by atoms with Crippen molar-refractivity contribution in [1.82, 2.24) is 15.0 Å². The van der Waals surface area contributed by atoms with E-state index in [-0.39, 0.29) is 0 Å². The smallest absolute Gasteiger partial charge is 0.135 e. The average Bonchev–Trinajstić information content (AvgIpc) is 2.81. The van der Waals surface area contributed by atoms with Crippen LogP contribution in [0.25, 0.3) is 12.2 Å². The molecule has 5 heteroatoms. The van der Waals surface area contributed by atoms with Gasteiger partial charge in [0, 0.05) is 30.7 Å². The molecular weight excluding hydrogens is 394 g/mol. The molecule has 0 amide bonds. The standard InChI is InChI=1S/C27H23N5/c1-19-14-24(10-9-23-4-3-12-29-18-23)15-20(2)27(19)32-25-11-13-30-26(31-25)16-21-5-7-22(17-28)8-6-21/h3-15,18H,16H2,1-2H3,(H,30,31,32)/b10-9+. The van der Waals surface area contributed by atoms with Crippen LogP contribution in [0.4, 0.5) is 11.5 Å². The van der Waals surface area contributed by atoms with E-state index in [0.29, 0.717) is 12.0 Å². The summed E-state index contributed by atoms with van der Waals surface area (Å²) in [5, 5.41) is 12.4. The van der Waals surface area contributed by atoms with E-state index in [2.05, 4.69) is 64.5 Å². The fraction of sp³-hybridized carbons (Fsp3) is 0.111. The highest BCUT2D eigenvalue weighted by atomic mass is 15.0. The summed E-state index contributed by atoms with van der Waals surface area (Å²) >= 11 is 0. The lowest BCUT2D eigenvalue weighted by atomic mass is 10.0. The molecule has 0 aliphatic heterocycles. The van der Waals surface area contributed by atoms with Gasteiger partial charge in [0.1, 0.15) is 11.6 Å². The minimum absolute atomic E-state index is 0.608. The van der Waals surface area contributed by atoms with Gasteiger partial charge in [-0.3, -0.25) is 4.98 Å². The Morgan fingerprint density at radius 2 is 1.69 bits per heavy atom. The van der Waals surface area contributed by atoms with Crippen molar-refractivity contribution in [3.8, 4) is 6.07 Å². The van der Waals surface area contributed by atoms with Crippen LogP contribution in [-0.4, -0.2) is 15.0 Å². The molecule has 32 heavy (non-hydrogen) atoms. The predicted molar refractivity (Wildman–Crippen MR) is 128 cm³/mol. The Balaban J connectivity index is 1.50. The minimum atomic E-state index is 0.608. The highest BCUT2D eigenvalue weighted by Crippen LogP contribution is 2.26. The molecule has 0 spiro atoms. The Labute approximate surface area is 188 Å². The molecule has 0 radical (unpaired) electrons. The van der Waals surface area contributed by atoms with Crippen molar-refractivity contribution in [2.45, 2.75) is 20.3 Å². The fourth-order valence-corrected chi connectivity index (χ4v) is 3.52. The van der Waals surface area contributed by atoms with E-state index in [4.69, 9.17) is 5.26 Å². The molecule has 0 aliphatic rings. The van der Waals surface area contributed by atoms with Crippen LogP contribution in [0, 0.1) is 25.2 Å². The third kappa shape index (κ3) is 5.24. The predicted octanol–water partition coefficient (Wildman–Crippen LogP) is 5.86. The van der Waals surface area contributed by atoms with Crippen molar-refractivity contribution in [2.75, 3.05) is 5.32 Å². The van der Waals surface area contributed by atoms with Gasteiger partial charge in [0.25, 0.3) is 0 Å². The summed E-state index contributed by atoms with van der Waals surface area (Å²) in [6.07, 6.45) is 10.2. The number of hydrogen-bond acceptors (Lipinski definition) is 5. The molecule has 4 rings (SSSR count). The number of anilines is 2. The van der Waals surface area contributed by atoms with Crippen molar-refractivity contribution in [3.05, 3.63) is 112 Å². The molecule has 2 heterocycles. The van der Waals surface area contributed by atoms with E-state index >= 15 is 0 Å². The Hall–Kier alpha value is -4.30. The van der Waals surface area contributed by atoms with Crippen molar-refractivity contribution in [1.29, 1.82) is 5.26 Å². The topological polar surface area (TPSA) is 74.5 Å². The average molecular weight is 418 g/mol. The summed E-state index contributed by atoms with van der Waals surface area (Å²) < 4.78 is 0. The van der Waals surface area contributed by atoms with Crippen LogP contribution in [0.15, 0.2) is 73.2 Å². The molecule has 4 aromatic rings. The molecule has 0 fully saturated rings. The number of benzene rings is 2. The lowest BCUT2D eigenvalue weighted by molar-refractivity contribution is 0.971. The third-order valence-corrected chi connectivity index (χ3v) is 5.11. The van der Waals surface area contributed by atoms with Gasteiger partial charge in [-0.25, -0.2) is 9.97 Å². The number of nitrogens with one attached hydrogen (secondary N) is 1. The first-order valence-electron chi connectivity index (χ1n) is 10.4. The quantitative estimate of drug-likeness (QED) is 0.425. The lowest BCUT2D eigenvalue weighted by Crippen LogP contribution is -2.03. The highest BCUT2D eigenvalue weighted by Gasteiger charge is 2.07. The summed E-state index contributed by atoms with van der Waals surface area (Å²) in [5.41, 5.74) is 7.25. The fourth-order valence-electron chi connectivity index (χ4n) is 3.52. The first kappa shape index (κ1) is 21.0. The molecule has 0 saturated carbocycles. The maximum absolute atomic E-state index is 8.95. The Bertz CT molecular complexity index is 1260. The zero-order valence-electron chi connectivity index (χ0n) is 18.1. The Morgan fingerprint density at radius 1 is 0.938 bits per heavy atom. The molecule has 2 aromatic heterocycles. The molecule has 2 aromatic carbocycles.